The minimum atomic E-state index is 0.00572. The van der Waals surface area contributed by atoms with Crippen molar-refractivity contribution in [1.29, 1.82) is 0 Å². The average Bonchev–Trinajstić information content (AvgIpc) is 3.15. The molecule has 1 aromatic rings. The first kappa shape index (κ1) is 18.9. The van der Waals surface area contributed by atoms with Crippen LogP contribution in [0.15, 0.2) is 17.5 Å². The Balaban J connectivity index is 1.56. The monoisotopic (exact) mass is 364 g/mol. The Labute approximate surface area is 155 Å². The Morgan fingerprint density at radius 3 is 2.72 bits per heavy atom. The highest BCUT2D eigenvalue weighted by molar-refractivity contribution is 7.12. The molecule has 2 heterocycles. The summed E-state index contributed by atoms with van der Waals surface area (Å²) in [5, 5.41) is 1.95. The quantitative estimate of drug-likeness (QED) is 0.862. The molecular formula is C20H32N2O2S. The number of carbonyl (C=O) groups is 1. The van der Waals surface area contributed by atoms with Crippen molar-refractivity contribution in [1.82, 2.24) is 4.90 Å². The lowest BCUT2D eigenvalue weighted by Gasteiger charge is -2.40. The molecule has 140 valence electrons. The number of thiophene rings is 1. The molecule has 1 aromatic heterocycles. The molecule has 3 rings (SSSR count). The predicted molar refractivity (Wildman–Crippen MR) is 103 cm³/mol. The smallest absolute Gasteiger partial charge is 0.264 e. The van der Waals surface area contributed by atoms with Gasteiger partial charge in [-0.25, -0.2) is 0 Å². The van der Waals surface area contributed by atoms with Gasteiger partial charge in [0.05, 0.1) is 23.6 Å². The van der Waals surface area contributed by atoms with Crippen LogP contribution < -0.4 is 5.73 Å². The molecule has 0 unspecified atom stereocenters. The first-order valence-corrected chi connectivity index (χ1v) is 10.7. The highest BCUT2D eigenvalue weighted by Crippen LogP contribution is 2.32. The number of nitrogens with zero attached hydrogens (tertiary/aromatic N) is 1. The van der Waals surface area contributed by atoms with Crippen molar-refractivity contribution in [2.75, 3.05) is 13.2 Å². The third kappa shape index (κ3) is 4.63. The molecule has 2 fully saturated rings. The van der Waals surface area contributed by atoms with E-state index in [4.69, 9.17) is 10.5 Å². The van der Waals surface area contributed by atoms with Crippen LogP contribution in [0.4, 0.5) is 0 Å². The van der Waals surface area contributed by atoms with Gasteiger partial charge >= 0.3 is 0 Å². The number of hydrogen-bond acceptors (Lipinski definition) is 4. The molecule has 0 bridgehead atoms. The highest BCUT2D eigenvalue weighted by Gasteiger charge is 2.34. The van der Waals surface area contributed by atoms with Gasteiger partial charge in [-0.2, -0.15) is 0 Å². The largest absolute Gasteiger partial charge is 0.376 e. The van der Waals surface area contributed by atoms with Gasteiger partial charge in [0.2, 0.25) is 0 Å². The zero-order valence-corrected chi connectivity index (χ0v) is 16.3. The second kappa shape index (κ2) is 8.65. The van der Waals surface area contributed by atoms with Gasteiger partial charge in [0.15, 0.2) is 0 Å². The van der Waals surface area contributed by atoms with Crippen LogP contribution in [-0.2, 0) is 4.74 Å². The van der Waals surface area contributed by atoms with Gasteiger partial charge < -0.3 is 15.4 Å². The number of amides is 1. The van der Waals surface area contributed by atoms with Gasteiger partial charge in [-0.15, -0.1) is 11.3 Å². The molecule has 4 nitrogen and oxygen atoms in total. The molecule has 1 amide bonds. The lowest BCUT2D eigenvalue weighted by Crippen LogP contribution is -2.56. The molecule has 1 saturated heterocycles. The minimum Gasteiger partial charge on any atom is -0.376 e. The van der Waals surface area contributed by atoms with E-state index in [9.17, 15) is 4.79 Å². The van der Waals surface area contributed by atoms with E-state index in [0.717, 1.165) is 48.9 Å². The molecule has 0 aromatic carbocycles. The summed E-state index contributed by atoms with van der Waals surface area (Å²) in [5.41, 5.74) is 6.37. The van der Waals surface area contributed by atoms with Crippen molar-refractivity contribution in [2.45, 2.75) is 70.6 Å². The van der Waals surface area contributed by atoms with E-state index >= 15 is 0 Å². The lowest BCUT2D eigenvalue weighted by molar-refractivity contribution is -0.0267. The Morgan fingerprint density at radius 2 is 2.08 bits per heavy atom. The number of ether oxygens (including phenoxy) is 1. The molecule has 25 heavy (non-hydrogen) atoms. The van der Waals surface area contributed by atoms with Gasteiger partial charge in [-0.05, 0) is 61.8 Å². The van der Waals surface area contributed by atoms with Crippen LogP contribution in [0.25, 0.3) is 0 Å². The van der Waals surface area contributed by atoms with Gasteiger partial charge in [-0.3, -0.25) is 4.79 Å². The van der Waals surface area contributed by atoms with Crippen LogP contribution in [-0.4, -0.2) is 42.1 Å². The Morgan fingerprint density at radius 1 is 1.32 bits per heavy atom. The van der Waals surface area contributed by atoms with Crippen LogP contribution in [0.1, 0.15) is 62.0 Å². The van der Waals surface area contributed by atoms with Crippen LogP contribution in [0.2, 0.25) is 0 Å². The van der Waals surface area contributed by atoms with E-state index in [2.05, 4.69) is 13.8 Å². The zero-order valence-electron chi connectivity index (χ0n) is 15.5. The minimum absolute atomic E-state index is 0.00572. The summed E-state index contributed by atoms with van der Waals surface area (Å²) in [6.45, 7) is 6.01. The van der Waals surface area contributed by atoms with Crippen LogP contribution in [0.5, 0.6) is 0 Å². The van der Waals surface area contributed by atoms with Crippen LogP contribution in [0.3, 0.4) is 0 Å². The van der Waals surface area contributed by atoms with Crippen molar-refractivity contribution < 1.29 is 9.53 Å². The molecule has 2 N–H and O–H groups in total. The second-order valence-electron chi connectivity index (χ2n) is 7.96. The number of carbonyl (C=O) groups excluding carboxylic acids is 1. The standard InChI is InChI=1S/C20H32N2O2S/c1-14(2)15-7-9-16(10-8-15)24-13-18-17(21)5-3-11-22(18)20(23)19-6-4-12-25-19/h4,6,12,14-18H,3,5,7-11,13,21H2,1-2H3/t15-,16+,17-,18-/m0/s1. The maximum Gasteiger partial charge on any atom is 0.264 e. The highest BCUT2D eigenvalue weighted by atomic mass is 32.1. The van der Waals surface area contributed by atoms with Crippen molar-refractivity contribution in [2.24, 2.45) is 17.6 Å². The molecule has 2 aliphatic rings. The third-order valence-electron chi connectivity index (χ3n) is 5.99. The summed E-state index contributed by atoms with van der Waals surface area (Å²) < 4.78 is 6.25. The van der Waals surface area contributed by atoms with E-state index in [1.54, 1.807) is 0 Å². The third-order valence-corrected chi connectivity index (χ3v) is 6.85. The fourth-order valence-corrected chi connectivity index (χ4v) is 4.93. The van der Waals surface area contributed by atoms with Crippen molar-refractivity contribution in [3.05, 3.63) is 22.4 Å². The molecule has 1 saturated carbocycles. The van der Waals surface area contributed by atoms with E-state index in [0.29, 0.717) is 12.7 Å². The Hall–Kier alpha value is -0.910. The number of rotatable bonds is 5. The number of hydrogen-bond donors (Lipinski definition) is 1. The summed E-state index contributed by atoms with van der Waals surface area (Å²) in [6.07, 6.45) is 7.10. The first-order chi connectivity index (χ1) is 12.1. The SMILES string of the molecule is CC(C)[C@H]1CC[C@@H](OC[C@H]2[C@@H](N)CCCN2C(=O)c2cccs2)CC1. The molecule has 2 atom stereocenters. The Bertz CT molecular complexity index is 538. The van der Waals surface area contributed by atoms with Gasteiger partial charge in [0.1, 0.15) is 0 Å². The summed E-state index contributed by atoms with van der Waals surface area (Å²) in [6, 6.07) is 3.86. The number of likely N-dealkylation sites (tertiary alicyclic amines) is 1. The summed E-state index contributed by atoms with van der Waals surface area (Å²) in [7, 11) is 0. The van der Waals surface area contributed by atoms with Crippen LogP contribution >= 0.6 is 11.3 Å². The van der Waals surface area contributed by atoms with E-state index < -0.39 is 0 Å². The first-order valence-electron chi connectivity index (χ1n) is 9.78. The lowest BCUT2D eigenvalue weighted by atomic mass is 9.80. The van der Waals surface area contributed by atoms with Gasteiger partial charge in [0, 0.05) is 12.6 Å². The Kier molecular flexibility index (Phi) is 6.53. The fraction of sp³-hybridized carbons (Fsp3) is 0.750. The normalized spacial score (nSPS) is 30.6. The van der Waals surface area contributed by atoms with Crippen molar-refractivity contribution in [3.63, 3.8) is 0 Å². The van der Waals surface area contributed by atoms with E-state index in [-0.39, 0.29) is 18.0 Å². The predicted octanol–water partition coefficient (Wildman–Crippen LogP) is 3.91. The zero-order chi connectivity index (χ0) is 17.8. The second-order valence-corrected chi connectivity index (χ2v) is 8.91. The number of piperidine rings is 1. The fourth-order valence-electron chi connectivity index (χ4n) is 4.25. The molecule has 0 radical (unpaired) electrons. The topological polar surface area (TPSA) is 55.6 Å². The van der Waals surface area contributed by atoms with E-state index in [1.165, 1.54) is 24.2 Å². The van der Waals surface area contributed by atoms with Crippen molar-refractivity contribution >= 4 is 17.2 Å². The number of nitrogens with two attached hydrogens (primary N) is 1. The maximum absolute atomic E-state index is 12.8. The van der Waals surface area contributed by atoms with Crippen LogP contribution in [0, 0.1) is 11.8 Å². The molecule has 1 aliphatic carbocycles. The summed E-state index contributed by atoms with van der Waals surface area (Å²) in [5.74, 6) is 1.72. The van der Waals surface area contributed by atoms with Crippen molar-refractivity contribution in [3.8, 4) is 0 Å². The van der Waals surface area contributed by atoms with Gasteiger partial charge in [-0.1, -0.05) is 19.9 Å². The van der Waals surface area contributed by atoms with E-state index in [1.807, 2.05) is 22.4 Å². The summed E-state index contributed by atoms with van der Waals surface area (Å²) >= 11 is 1.50. The molecule has 0 spiro atoms. The summed E-state index contributed by atoms with van der Waals surface area (Å²) in [4.78, 5) is 15.6. The maximum atomic E-state index is 12.8. The molecule has 1 aliphatic heterocycles. The average molecular weight is 365 g/mol. The molecular weight excluding hydrogens is 332 g/mol. The molecule has 5 heteroatoms. The van der Waals surface area contributed by atoms with Gasteiger partial charge in [0.25, 0.3) is 5.91 Å².